The molecule has 0 aliphatic rings. The van der Waals surface area contributed by atoms with E-state index in [1.54, 1.807) is 54.6 Å². The third kappa shape index (κ3) is 5.90. The van der Waals surface area contributed by atoms with Gasteiger partial charge in [0.05, 0.1) is 12.7 Å². The molecular formula is C23H20BrN3O3S. The van der Waals surface area contributed by atoms with Crippen molar-refractivity contribution in [1.82, 2.24) is 5.32 Å². The molecule has 3 rings (SSSR count). The Kier molecular flexibility index (Phi) is 7.38. The number of thiocarbonyl (C=S) groups is 1. The first-order valence-electron chi connectivity index (χ1n) is 9.30. The lowest BCUT2D eigenvalue weighted by molar-refractivity contribution is 0.0973. The molecular weight excluding hydrogens is 478 g/mol. The molecule has 3 aromatic rings. The largest absolute Gasteiger partial charge is 0.496 e. The second kappa shape index (κ2) is 10.2. The molecule has 0 spiro atoms. The van der Waals surface area contributed by atoms with Crippen LogP contribution in [0, 0.1) is 6.92 Å². The highest BCUT2D eigenvalue weighted by Gasteiger charge is 2.17. The Morgan fingerprint density at radius 1 is 0.903 bits per heavy atom. The number of methoxy groups -OCH3 is 1. The molecule has 0 fully saturated rings. The number of amides is 2. The first kappa shape index (κ1) is 22.5. The summed E-state index contributed by atoms with van der Waals surface area (Å²) in [5.74, 6) is -0.132. The van der Waals surface area contributed by atoms with Crippen molar-refractivity contribution < 1.29 is 14.3 Å². The van der Waals surface area contributed by atoms with Gasteiger partial charge in [-0.3, -0.25) is 14.9 Å². The maximum atomic E-state index is 12.7. The van der Waals surface area contributed by atoms with Gasteiger partial charge < -0.3 is 15.4 Å². The van der Waals surface area contributed by atoms with Crippen LogP contribution in [0.15, 0.2) is 71.2 Å². The summed E-state index contributed by atoms with van der Waals surface area (Å²) in [6, 6.07) is 19.5. The third-order valence-corrected chi connectivity index (χ3v) is 4.99. The molecule has 0 aliphatic heterocycles. The molecule has 0 aromatic heterocycles. The van der Waals surface area contributed by atoms with E-state index in [1.165, 1.54) is 7.11 Å². The Morgan fingerprint density at radius 3 is 2.26 bits per heavy atom. The summed E-state index contributed by atoms with van der Waals surface area (Å²) in [4.78, 5) is 25.0. The smallest absolute Gasteiger partial charge is 0.261 e. The summed E-state index contributed by atoms with van der Waals surface area (Å²) in [5, 5.41) is 8.57. The molecule has 0 atom stereocenters. The molecule has 3 aromatic carbocycles. The fraction of sp³-hybridized carbons (Fsp3) is 0.0870. The Balaban J connectivity index is 1.67. The monoisotopic (exact) mass is 497 g/mol. The number of carbonyl (C=O) groups is 2. The Bertz CT molecular complexity index is 1140. The van der Waals surface area contributed by atoms with E-state index in [0.717, 1.165) is 10.0 Å². The summed E-state index contributed by atoms with van der Waals surface area (Å²) in [5.41, 5.74) is 2.96. The van der Waals surface area contributed by atoms with E-state index >= 15 is 0 Å². The molecule has 8 heteroatoms. The molecule has 6 nitrogen and oxygen atoms in total. The van der Waals surface area contributed by atoms with Crippen molar-refractivity contribution in [2.75, 3.05) is 17.7 Å². The molecule has 0 saturated heterocycles. The van der Waals surface area contributed by atoms with Gasteiger partial charge >= 0.3 is 0 Å². The van der Waals surface area contributed by atoms with E-state index in [1.807, 2.05) is 19.1 Å². The SMILES string of the molecule is COc1c(C)cc(Br)cc1C(=O)NC(=S)Nc1cccc(NC(=O)c2ccccc2)c1. The van der Waals surface area contributed by atoms with Gasteiger partial charge in [-0.1, -0.05) is 40.2 Å². The average Bonchev–Trinajstić information content (AvgIpc) is 2.74. The van der Waals surface area contributed by atoms with E-state index in [9.17, 15) is 9.59 Å². The highest BCUT2D eigenvalue weighted by atomic mass is 79.9. The number of hydrogen-bond acceptors (Lipinski definition) is 4. The molecule has 0 unspecified atom stereocenters. The van der Waals surface area contributed by atoms with Crippen molar-refractivity contribution >= 4 is 56.4 Å². The maximum absolute atomic E-state index is 12.7. The molecule has 0 radical (unpaired) electrons. The van der Waals surface area contributed by atoms with Crippen molar-refractivity contribution in [3.63, 3.8) is 0 Å². The minimum Gasteiger partial charge on any atom is -0.496 e. The van der Waals surface area contributed by atoms with Crippen molar-refractivity contribution in [1.29, 1.82) is 0 Å². The summed E-state index contributed by atoms with van der Waals surface area (Å²) >= 11 is 8.67. The molecule has 0 bridgehead atoms. The first-order chi connectivity index (χ1) is 14.9. The number of halogens is 1. The van der Waals surface area contributed by atoms with Gasteiger partial charge in [-0.2, -0.15) is 0 Å². The van der Waals surface area contributed by atoms with E-state index in [0.29, 0.717) is 28.3 Å². The van der Waals surface area contributed by atoms with Crippen molar-refractivity contribution in [3.8, 4) is 5.75 Å². The lowest BCUT2D eigenvalue weighted by Crippen LogP contribution is -2.34. The Labute approximate surface area is 194 Å². The van der Waals surface area contributed by atoms with Gasteiger partial charge in [0.15, 0.2) is 5.11 Å². The van der Waals surface area contributed by atoms with Crippen LogP contribution in [0.5, 0.6) is 5.75 Å². The zero-order chi connectivity index (χ0) is 22.4. The minimum atomic E-state index is -0.396. The van der Waals surface area contributed by atoms with Gasteiger partial charge in [0.1, 0.15) is 5.75 Å². The number of carbonyl (C=O) groups excluding carboxylic acids is 2. The Morgan fingerprint density at radius 2 is 1.58 bits per heavy atom. The zero-order valence-electron chi connectivity index (χ0n) is 16.9. The lowest BCUT2D eigenvalue weighted by atomic mass is 10.1. The van der Waals surface area contributed by atoms with Gasteiger partial charge in [-0.15, -0.1) is 0 Å². The van der Waals surface area contributed by atoms with Crippen LogP contribution in [0.2, 0.25) is 0 Å². The highest BCUT2D eigenvalue weighted by Crippen LogP contribution is 2.27. The van der Waals surface area contributed by atoms with Crippen molar-refractivity contribution in [2.24, 2.45) is 0 Å². The van der Waals surface area contributed by atoms with Crippen LogP contribution in [0.3, 0.4) is 0 Å². The van der Waals surface area contributed by atoms with E-state index in [4.69, 9.17) is 17.0 Å². The number of anilines is 2. The van der Waals surface area contributed by atoms with Gasteiger partial charge in [0.25, 0.3) is 11.8 Å². The first-order valence-corrected chi connectivity index (χ1v) is 10.5. The van der Waals surface area contributed by atoms with Crippen LogP contribution >= 0.6 is 28.1 Å². The van der Waals surface area contributed by atoms with Crippen LogP contribution in [-0.2, 0) is 0 Å². The number of benzene rings is 3. The normalized spacial score (nSPS) is 10.2. The molecule has 158 valence electrons. The van der Waals surface area contributed by atoms with Crippen molar-refractivity contribution in [2.45, 2.75) is 6.92 Å². The standard InChI is InChI=1S/C23H20BrN3O3S/c1-14-11-16(24)12-19(20(14)30-2)22(29)27-23(31)26-18-10-6-9-17(13-18)25-21(28)15-7-4-3-5-8-15/h3-13H,1-2H3,(H,25,28)(H2,26,27,29,31). The average molecular weight is 498 g/mol. The quantitative estimate of drug-likeness (QED) is 0.425. The summed E-state index contributed by atoms with van der Waals surface area (Å²) in [6.45, 7) is 1.85. The predicted molar refractivity (Wildman–Crippen MR) is 130 cm³/mol. The van der Waals surface area contributed by atoms with Gasteiger partial charge in [0.2, 0.25) is 0 Å². The van der Waals surface area contributed by atoms with Crippen molar-refractivity contribution in [3.05, 3.63) is 87.9 Å². The number of ether oxygens (including phenoxy) is 1. The van der Waals surface area contributed by atoms with Crippen LogP contribution in [0.4, 0.5) is 11.4 Å². The van der Waals surface area contributed by atoms with Crippen LogP contribution in [-0.4, -0.2) is 24.0 Å². The number of nitrogens with one attached hydrogen (secondary N) is 3. The lowest BCUT2D eigenvalue weighted by Gasteiger charge is -2.14. The molecule has 0 heterocycles. The van der Waals surface area contributed by atoms with Crippen LogP contribution in [0.1, 0.15) is 26.3 Å². The zero-order valence-corrected chi connectivity index (χ0v) is 19.3. The van der Waals surface area contributed by atoms with Gasteiger partial charge in [0, 0.05) is 21.4 Å². The highest BCUT2D eigenvalue weighted by molar-refractivity contribution is 9.10. The molecule has 2 amide bonds. The van der Waals surface area contributed by atoms with E-state index < -0.39 is 5.91 Å². The summed E-state index contributed by atoms with van der Waals surface area (Å²) < 4.78 is 6.12. The second-order valence-corrected chi connectivity index (χ2v) is 7.94. The summed E-state index contributed by atoms with van der Waals surface area (Å²) in [6.07, 6.45) is 0. The summed E-state index contributed by atoms with van der Waals surface area (Å²) in [7, 11) is 1.51. The van der Waals surface area contributed by atoms with E-state index in [2.05, 4.69) is 31.9 Å². The fourth-order valence-electron chi connectivity index (χ4n) is 2.97. The van der Waals surface area contributed by atoms with E-state index in [-0.39, 0.29) is 11.0 Å². The Hall–Kier alpha value is -3.23. The van der Waals surface area contributed by atoms with Crippen LogP contribution < -0.4 is 20.7 Å². The van der Waals surface area contributed by atoms with Gasteiger partial charge in [-0.25, -0.2) is 0 Å². The topological polar surface area (TPSA) is 79.5 Å². The third-order valence-electron chi connectivity index (χ3n) is 4.33. The maximum Gasteiger partial charge on any atom is 0.261 e. The second-order valence-electron chi connectivity index (χ2n) is 6.61. The number of hydrogen-bond donors (Lipinski definition) is 3. The number of aryl methyl sites for hydroxylation is 1. The molecule has 31 heavy (non-hydrogen) atoms. The molecule has 0 saturated carbocycles. The molecule has 0 aliphatic carbocycles. The minimum absolute atomic E-state index is 0.121. The molecule has 3 N–H and O–H groups in total. The van der Waals surface area contributed by atoms with Crippen LogP contribution in [0.25, 0.3) is 0 Å². The fourth-order valence-corrected chi connectivity index (χ4v) is 3.75. The van der Waals surface area contributed by atoms with Gasteiger partial charge in [-0.05, 0) is 67.2 Å². The number of rotatable bonds is 5. The predicted octanol–water partition coefficient (Wildman–Crippen LogP) is 5.15.